The third kappa shape index (κ3) is 5.17. The van der Waals surface area contributed by atoms with Crippen molar-refractivity contribution in [1.29, 1.82) is 0 Å². The topological polar surface area (TPSA) is 64.5 Å². The van der Waals surface area contributed by atoms with Gasteiger partial charge in [-0.2, -0.15) is 0 Å². The quantitative estimate of drug-likeness (QED) is 0.694. The van der Waals surface area contributed by atoms with E-state index in [1.54, 1.807) is 0 Å². The predicted molar refractivity (Wildman–Crippen MR) is 71.1 cm³/mol. The van der Waals surface area contributed by atoms with E-state index >= 15 is 0 Å². The molecule has 1 rings (SSSR count). The summed E-state index contributed by atoms with van der Waals surface area (Å²) in [6.45, 7) is 2.24. The van der Waals surface area contributed by atoms with Crippen molar-refractivity contribution >= 4 is 0 Å². The SMILES string of the molecule is CN(C)CCCOc1ccc([C@@H](N)CN)cc1. The molecule has 0 amide bonds. The van der Waals surface area contributed by atoms with Gasteiger partial charge in [-0.05, 0) is 38.2 Å². The summed E-state index contributed by atoms with van der Waals surface area (Å²) >= 11 is 0. The molecule has 17 heavy (non-hydrogen) atoms. The molecule has 0 fully saturated rings. The average Bonchev–Trinajstić information content (AvgIpc) is 2.34. The Kier molecular flexibility index (Phi) is 5.97. The molecule has 0 bridgehead atoms. The fourth-order valence-corrected chi connectivity index (χ4v) is 1.52. The first kappa shape index (κ1) is 14.0. The highest BCUT2D eigenvalue weighted by molar-refractivity contribution is 5.29. The van der Waals surface area contributed by atoms with Crippen LogP contribution in [0.3, 0.4) is 0 Å². The molecular weight excluding hydrogens is 214 g/mol. The first-order valence-electron chi connectivity index (χ1n) is 5.96. The van der Waals surface area contributed by atoms with Crippen LogP contribution < -0.4 is 16.2 Å². The maximum Gasteiger partial charge on any atom is 0.119 e. The van der Waals surface area contributed by atoms with Crippen LogP contribution in [0.2, 0.25) is 0 Å². The second-order valence-corrected chi connectivity index (χ2v) is 4.42. The van der Waals surface area contributed by atoms with E-state index in [1.165, 1.54) is 0 Å². The Hall–Kier alpha value is -1.10. The van der Waals surface area contributed by atoms with E-state index in [1.807, 2.05) is 24.3 Å². The van der Waals surface area contributed by atoms with Gasteiger partial charge in [0.15, 0.2) is 0 Å². The Labute approximate surface area is 104 Å². The Morgan fingerprint density at radius 2 is 1.88 bits per heavy atom. The molecule has 0 heterocycles. The van der Waals surface area contributed by atoms with E-state index in [9.17, 15) is 0 Å². The lowest BCUT2D eigenvalue weighted by Crippen LogP contribution is -2.20. The Balaban J connectivity index is 2.35. The van der Waals surface area contributed by atoms with Crippen LogP contribution in [-0.2, 0) is 0 Å². The summed E-state index contributed by atoms with van der Waals surface area (Å²) in [7, 11) is 4.12. The van der Waals surface area contributed by atoms with Crippen molar-refractivity contribution in [2.75, 3.05) is 33.8 Å². The summed E-state index contributed by atoms with van der Waals surface area (Å²) in [6, 6.07) is 7.75. The van der Waals surface area contributed by atoms with Crippen molar-refractivity contribution in [2.45, 2.75) is 12.5 Å². The van der Waals surface area contributed by atoms with Gasteiger partial charge in [-0.3, -0.25) is 0 Å². The number of rotatable bonds is 7. The molecule has 1 aromatic rings. The van der Waals surface area contributed by atoms with E-state index in [-0.39, 0.29) is 6.04 Å². The van der Waals surface area contributed by atoms with Gasteiger partial charge >= 0.3 is 0 Å². The predicted octanol–water partition coefficient (Wildman–Crippen LogP) is 0.976. The lowest BCUT2D eigenvalue weighted by Gasteiger charge is -2.12. The fraction of sp³-hybridized carbons (Fsp3) is 0.538. The first-order valence-corrected chi connectivity index (χ1v) is 5.96. The van der Waals surface area contributed by atoms with Crippen molar-refractivity contribution in [3.63, 3.8) is 0 Å². The molecule has 96 valence electrons. The molecule has 0 aliphatic carbocycles. The average molecular weight is 237 g/mol. The van der Waals surface area contributed by atoms with Gasteiger partial charge in [0, 0.05) is 19.1 Å². The largest absolute Gasteiger partial charge is 0.494 e. The molecular formula is C13H23N3O. The lowest BCUT2D eigenvalue weighted by molar-refractivity contribution is 0.281. The number of hydrogen-bond donors (Lipinski definition) is 2. The zero-order valence-corrected chi connectivity index (χ0v) is 10.7. The van der Waals surface area contributed by atoms with Crippen LogP contribution in [0.4, 0.5) is 0 Å². The number of hydrogen-bond acceptors (Lipinski definition) is 4. The van der Waals surface area contributed by atoms with Crippen LogP contribution in [0.15, 0.2) is 24.3 Å². The van der Waals surface area contributed by atoms with Crippen LogP contribution in [0.1, 0.15) is 18.0 Å². The summed E-state index contributed by atoms with van der Waals surface area (Å²) < 4.78 is 5.63. The van der Waals surface area contributed by atoms with Crippen LogP contribution in [0, 0.1) is 0 Å². The summed E-state index contributed by atoms with van der Waals surface area (Å²) in [4.78, 5) is 2.15. The molecule has 1 atom stereocenters. The van der Waals surface area contributed by atoms with Gasteiger partial charge in [-0.15, -0.1) is 0 Å². The third-order valence-corrected chi connectivity index (χ3v) is 2.58. The monoisotopic (exact) mass is 237 g/mol. The van der Waals surface area contributed by atoms with E-state index in [2.05, 4.69) is 19.0 Å². The molecule has 0 aliphatic rings. The van der Waals surface area contributed by atoms with Crippen LogP contribution >= 0.6 is 0 Å². The second kappa shape index (κ2) is 7.27. The molecule has 1 aromatic carbocycles. The van der Waals surface area contributed by atoms with E-state index in [0.29, 0.717) is 6.54 Å². The van der Waals surface area contributed by atoms with Crippen LogP contribution in [0.5, 0.6) is 5.75 Å². The van der Waals surface area contributed by atoms with E-state index < -0.39 is 0 Å². The molecule has 0 saturated carbocycles. The van der Waals surface area contributed by atoms with Crippen molar-refractivity contribution < 1.29 is 4.74 Å². The summed E-state index contributed by atoms with van der Waals surface area (Å²) in [5, 5.41) is 0. The Bertz CT molecular complexity index is 311. The molecule has 4 heteroatoms. The lowest BCUT2D eigenvalue weighted by atomic mass is 10.1. The maximum absolute atomic E-state index is 5.83. The molecule has 0 aliphatic heterocycles. The maximum atomic E-state index is 5.83. The highest BCUT2D eigenvalue weighted by Crippen LogP contribution is 2.15. The van der Waals surface area contributed by atoms with Gasteiger partial charge in [0.05, 0.1) is 6.61 Å². The summed E-state index contributed by atoms with van der Waals surface area (Å²) in [5.41, 5.74) is 12.4. The molecule has 0 unspecified atom stereocenters. The molecule has 0 spiro atoms. The molecule has 0 aromatic heterocycles. The molecule has 0 saturated heterocycles. The zero-order valence-electron chi connectivity index (χ0n) is 10.7. The Morgan fingerprint density at radius 3 is 2.41 bits per heavy atom. The van der Waals surface area contributed by atoms with Crippen LogP contribution in [0.25, 0.3) is 0 Å². The van der Waals surface area contributed by atoms with Crippen molar-refractivity contribution in [1.82, 2.24) is 4.90 Å². The standard InChI is InChI=1S/C13H23N3O/c1-16(2)8-3-9-17-12-6-4-11(5-7-12)13(15)10-14/h4-7,13H,3,8-10,14-15H2,1-2H3/t13-/m0/s1. The zero-order chi connectivity index (χ0) is 12.7. The number of nitrogens with two attached hydrogens (primary N) is 2. The van der Waals surface area contributed by atoms with Crippen molar-refractivity contribution in [2.24, 2.45) is 11.5 Å². The molecule has 0 radical (unpaired) electrons. The van der Waals surface area contributed by atoms with Gasteiger partial charge in [-0.1, -0.05) is 12.1 Å². The van der Waals surface area contributed by atoms with Gasteiger partial charge < -0.3 is 21.1 Å². The minimum atomic E-state index is -0.0854. The van der Waals surface area contributed by atoms with Gasteiger partial charge in [0.25, 0.3) is 0 Å². The smallest absolute Gasteiger partial charge is 0.119 e. The number of benzene rings is 1. The minimum absolute atomic E-state index is 0.0854. The highest BCUT2D eigenvalue weighted by atomic mass is 16.5. The molecule has 4 N–H and O–H groups in total. The van der Waals surface area contributed by atoms with Gasteiger partial charge in [0.1, 0.15) is 5.75 Å². The summed E-state index contributed by atoms with van der Waals surface area (Å²) in [6.07, 6.45) is 1.02. The number of ether oxygens (including phenoxy) is 1. The van der Waals surface area contributed by atoms with E-state index in [4.69, 9.17) is 16.2 Å². The fourth-order valence-electron chi connectivity index (χ4n) is 1.52. The molecule has 4 nitrogen and oxygen atoms in total. The summed E-state index contributed by atoms with van der Waals surface area (Å²) in [5.74, 6) is 0.886. The normalized spacial score (nSPS) is 12.8. The Morgan fingerprint density at radius 1 is 1.24 bits per heavy atom. The van der Waals surface area contributed by atoms with Gasteiger partial charge in [-0.25, -0.2) is 0 Å². The van der Waals surface area contributed by atoms with E-state index in [0.717, 1.165) is 30.9 Å². The first-order chi connectivity index (χ1) is 8.13. The minimum Gasteiger partial charge on any atom is -0.494 e. The third-order valence-electron chi connectivity index (χ3n) is 2.58. The van der Waals surface area contributed by atoms with Crippen LogP contribution in [-0.4, -0.2) is 38.7 Å². The van der Waals surface area contributed by atoms with Crippen molar-refractivity contribution in [3.8, 4) is 5.75 Å². The highest BCUT2D eigenvalue weighted by Gasteiger charge is 2.03. The number of nitrogens with zero attached hydrogens (tertiary/aromatic N) is 1. The van der Waals surface area contributed by atoms with Crippen molar-refractivity contribution in [3.05, 3.63) is 29.8 Å². The van der Waals surface area contributed by atoms with Gasteiger partial charge in [0.2, 0.25) is 0 Å². The second-order valence-electron chi connectivity index (χ2n) is 4.42.